The van der Waals surface area contributed by atoms with Gasteiger partial charge in [0.2, 0.25) is 0 Å². The van der Waals surface area contributed by atoms with Crippen molar-refractivity contribution in [3.63, 3.8) is 0 Å². The van der Waals surface area contributed by atoms with Crippen molar-refractivity contribution in [2.45, 2.75) is 32.4 Å². The van der Waals surface area contributed by atoms with Crippen LogP contribution in [0.3, 0.4) is 0 Å². The lowest BCUT2D eigenvalue weighted by molar-refractivity contribution is -0.137. The van der Waals surface area contributed by atoms with Gasteiger partial charge in [-0.05, 0) is 54.7 Å². The number of hydrogen-bond acceptors (Lipinski definition) is 4. The van der Waals surface area contributed by atoms with E-state index in [-0.39, 0.29) is 11.6 Å². The Morgan fingerprint density at radius 3 is 2.59 bits per heavy atom. The molecule has 0 fully saturated rings. The van der Waals surface area contributed by atoms with Gasteiger partial charge in [0.1, 0.15) is 5.82 Å². The smallest absolute Gasteiger partial charge is 0.352 e. The van der Waals surface area contributed by atoms with Crippen LogP contribution >= 0.6 is 11.8 Å². The molecule has 2 aromatic carbocycles. The molecule has 0 radical (unpaired) electrons. The van der Waals surface area contributed by atoms with Gasteiger partial charge >= 0.3 is 6.18 Å². The molecule has 1 amide bonds. The topological polar surface area (TPSA) is 54.0 Å². The molecule has 3 rings (SSSR count). The minimum Gasteiger partial charge on any atom is -0.352 e. The number of alkyl halides is 3. The molecule has 0 unspecified atom stereocenters. The van der Waals surface area contributed by atoms with E-state index in [1.807, 2.05) is 23.9 Å². The fraction of sp³-hybridized carbons (Fsp3) is 0.333. The van der Waals surface area contributed by atoms with E-state index in [9.17, 15) is 18.0 Å². The molecule has 0 saturated heterocycles. The Morgan fingerprint density at radius 1 is 1.03 bits per heavy atom. The van der Waals surface area contributed by atoms with Gasteiger partial charge in [-0.25, -0.2) is 4.98 Å². The maximum Gasteiger partial charge on any atom is 0.416 e. The lowest BCUT2D eigenvalue weighted by Crippen LogP contribution is -2.25. The second-order valence-corrected chi connectivity index (χ2v) is 8.58. The summed E-state index contributed by atoms with van der Waals surface area (Å²) in [7, 11) is 0. The molecular weight excluding hydrogens is 435 g/mol. The largest absolute Gasteiger partial charge is 0.416 e. The number of fused-ring (bicyclic) bond motifs is 1. The van der Waals surface area contributed by atoms with Gasteiger partial charge in [-0.3, -0.25) is 4.79 Å². The van der Waals surface area contributed by atoms with E-state index in [2.05, 4.69) is 22.5 Å². The Hall–Kier alpha value is -2.74. The molecule has 0 atom stereocenters. The van der Waals surface area contributed by atoms with Crippen molar-refractivity contribution in [2.24, 2.45) is 0 Å². The molecule has 8 heteroatoms. The van der Waals surface area contributed by atoms with E-state index in [0.29, 0.717) is 28.8 Å². The van der Waals surface area contributed by atoms with Gasteiger partial charge in [0.25, 0.3) is 5.91 Å². The Kier molecular flexibility index (Phi) is 8.39. The SMILES string of the molecule is CCCCSCCCNC(=O)c1cc(Nc2cccc(C(F)(F)F)c2)nc2ccccc12. The highest BCUT2D eigenvalue weighted by Gasteiger charge is 2.30. The van der Waals surface area contributed by atoms with Gasteiger partial charge in [0.15, 0.2) is 0 Å². The van der Waals surface area contributed by atoms with E-state index >= 15 is 0 Å². The summed E-state index contributed by atoms with van der Waals surface area (Å²) in [6, 6.07) is 13.7. The average molecular weight is 462 g/mol. The zero-order valence-electron chi connectivity index (χ0n) is 17.8. The number of hydrogen-bond donors (Lipinski definition) is 2. The molecule has 0 aliphatic rings. The van der Waals surface area contributed by atoms with Gasteiger partial charge in [0, 0.05) is 17.6 Å². The summed E-state index contributed by atoms with van der Waals surface area (Å²) in [4.78, 5) is 17.3. The molecular formula is C24H26F3N3OS. The molecule has 1 aromatic heterocycles. The van der Waals surface area contributed by atoms with Crippen LogP contribution in [0.4, 0.5) is 24.7 Å². The maximum absolute atomic E-state index is 13.0. The number of rotatable bonds is 10. The lowest BCUT2D eigenvalue weighted by atomic mass is 10.1. The highest BCUT2D eigenvalue weighted by Crippen LogP contribution is 2.31. The van der Waals surface area contributed by atoms with Crippen molar-refractivity contribution in [3.05, 3.63) is 65.7 Å². The molecule has 0 aliphatic carbocycles. The Balaban J connectivity index is 1.75. The summed E-state index contributed by atoms with van der Waals surface area (Å²) in [6.07, 6.45) is -1.19. The molecule has 2 N–H and O–H groups in total. The number of halogens is 3. The normalized spacial score (nSPS) is 11.5. The van der Waals surface area contributed by atoms with Crippen LogP contribution in [0.25, 0.3) is 10.9 Å². The highest BCUT2D eigenvalue weighted by molar-refractivity contribution is 7.99. The third-order valence-electron chi connectivity index (χ3n) is 4.82. The predicted octanol–water partition coefficient (Wildman–Crippen LogP) is 6.65. The first kappa shape index (κ1) is 23.9. The standard InChI is InChI=1S/C24H26F3N3OS/c1-2-3-13-32-14-7-12-28-23(31)20-16-22(30-21-11-5-4-10-19(20)21)29-18-9-6-8-17(15-18)24(25,26)27/h4-6,8-11,15-16H,2-3,7,12-14H2,1H3,(H,28,31)(H,29,30). The minimum atomic E-state index is -4.44. The van der Waals surface area contributed by atoms with Crippen molar-refractivity contribution >= 4 is 40.1 Å². The quantitative estimate of drug-likeness (QED) is 0.332. The van der Waals surface area contributed by atoms with Crippen molar-refractivity contribution in [2.75, 3.05) is 23.4 Å². The number of carbonyl (C=O) groups excluding carboxylic acids is 1. The van der Waals surface area contributed by atoms with Crippen LogP contribution in [0, 0.1) is 0 Å². The third kappa shape index (κ3) is 6.63. The molecule has 0 bridgehead atoms. The van der Waals surface area contributed by atoms with E-state index in [4.69, 9.17) is 0 Å². The predicted molar refractivity (Wildman–Crippen MR) is 126 cm³/mol. The van der Waals surface area contributed by atoms with Crippen LogP contribution in [0.1, 0.15) is 42.1 Å². The zero-order chi connectivity index (χ0) is 23.0. The summed E-state index contributed by atoms with van der Waals surface area (Å²) >= 11 is 1.88. The highest BCUT2D eigenvalue weighted by atomic mass is 32.2. The first-order chi connectivity index (χ1) is 15.4. The van der Waals surface area contributed by atoms with Crippen LogP contribution in [0.5, 0.6) is 0 Å². The maximum atomic E-state index is 13.0. The summed E-state index contributed by atoms with van der Waals surface area (Å²) in [6.45, 7) is 2.72. The number of aromatic nitrogens is 1. The second kappa shape index (κ2) is 11.2. The first-order valence-corrected chi connectivity index (χ1v) is 11.7. The molecule has 3 aromatic rings. The fourth-order valence-electron chi connectivity index (χ4n) is 3.17. The van der Waals surface area contributed by atoms with Gasteiger partial charge in [-0.2, -0.15) is 24.9 Å². The van der Waals surface area contributed by atoms with Crippen LogP contribution in [0.2, 0.25) is 0 Å². The molecule has 4 nitrogen and oxygen atoms in total. The number of anilines is 2. The fourth-order valence-corrected chi connectivity index (χ4v) is 4.21. The van der Waals surface area contributed by atoms with E-state index in [1.54, 1.807) is 18.2 Å². The van der Waals surface area contributed by atoms with Gasteiger partial charge in [-0.1, -0.05) is 37.6 Å². The molecule has 170 valence electrons. The number of pyridine rings is 1. The van der Waals surface area contributed by atoms with Gasteiger partial charge < -0.3 is 10.6 Å². The summed E-state index contributed by atoms with van der Waals surface area (Å²) < 4.78 is 39.1. The Bertz CT molecular complexity index is 1060. The summed E-state index contributed by atoms with van der Waals surface area (Å²) in [5, 5.41) is 6.54. The number of nitrogens with one attached hydrogen (secondary N) is 2. The van der Waals surface area contributed by atoms with Crippen molar-refractivity contribution in [3.8, 4) is 0 Å². The summed E-state index contributed by atoms with van der Waals surface area (Å²) in [5.74, 6) is 2.20. The molecule has 0 aliphatic heterocycles. The van der Waals surface area contributed by atoms with E-state index < -0.39 is 11.7 Å². The Morgan fingerprint density at radius 2 is 1.81 bits per heavy atom. The lowest BCUT2D eigenvalue weighted by Gasteiger charge is -2.13. The van der Waals surface area contributed by atoms with Crippen LogP contribution in [-0.4, -0.2) is 28.9 Å². The number of thioether (sulfide) groups is 1. The van der Waals surface area contributed by atoms with E-state index in [1.165, 1.54) is 25.0 Å². The minimum absolute atomic E-state index is 0.228. The molecule has 0 saturated carbocycles. The number of amides is 1. The number of para-hydroxylation sites is 1. The number of nitrogens with zero attached hydrogens (tertiary/aromatic N) is 1. The molecule has 0 spiro atoms. The van der Waals surface area contributed by atoms with Crippen molar-refractivity contribution in [1.82, 2.24) is 10.3 Å². The Labute approximate surface area is 190 Å². The number of unbranched alkanes of at least 4 members (excludes halogenated alkanes) is 1. The molecule has 1 heterocycles. The van der Waals surface area contributed by atoms with Crippen molar-refractivity contribution in [1.29, 1.82) is 0 Å². The van der Waals surface area contributed by atoms with Crippen LogP contribution in [0.15, 0.2) is 54.6 Å². The molecule has 32 heavy (non-hydrogen) atoms. The average Bonchev–Trinajstić information content (AvgIpc) is 2.77. The van der Waals surface area contributed by atoms with E-state index in [0.717, 1.165) is 30.1 Å². The summed E-state index contributed by atoms with van der Waals surface area (Å²) in [5.41, 5.74) is 0.518. The van der Waals surface area contributed by atoms with Gasteiger partial charge in [0.05, 0.1) is 16.6 Å². The van der Waals surface area contributed by atoms with Crippen LogP contribution < -0.4 is 10.6 Å². The van der Waals surface area contributed by atoms with Gasteiger partial charge in [-0.15, -0.1) is 0 Å². The zero-order valence-corrected chi connectivity index (χ0v) is 18.7. The first-order valence-electron chi connectivity index (χ1n) is 10.6. The number of carbonyl (C=O) groups is 1. The number of benzene rings is 2. The second-order valence-electron chi connectivity index (χ2n) is 7.35. The monoisotopic (exact) mass is 461 g/mol. The van der Waals surface area contributed by atoms with Crippen LogP contribution in [-0.2, 0) is 6.18 Å². The van der Waals surface area contributed by atoms with Crippen molar-refractivity contribution < 1.29 is 18.0 Å². The third-order valence-corrected chi connectivity index (χ3v) is 5.97.